The summed E-state index contributed by atoms with van der Waals surface area (Å²) in [6, 6.07) is 13.8. The van der Waals surface area contributed by atoms with Crippen molar-refractivity contribution >= 4 is 17.6 Å². The number of nitrogens with zero attached hydrogens (tertiary/aromatic N) is 2. The maximum Gasteiger partial charge on any atom is 0.361 e. The number of aromatic amines is 1. The summed E-state index contributed by atoms with van der Waals surface area (Å²) >= 11 is 6.04. The van der Waals surface area contributed by atoms with Crippen LogP contribution in [-0.2, 0) is 0 Å². The number of carbonyl (C=O) groups is 1. The summed E-state index contributed by atoms with van der Waals surface area (Å²) in [4.78, 5) is 16.1. The molecule has 0 unspecified atom stereocenters. The largest absolute Gasteiger partial charge is 0.422 e. The second-order valence-corrected chi connectivity index (χ2v) is 4.61. The lowest BCUT2D eigenvalue weighted by Gasteiger charge is -2.01. The van der Waals surface area contributed by atoms with Crippen molar-refractivity contribution in [1.29, 1.82) is 0 Å². The standard InChI is InChI=1S/C15H10ClN3O2/c16-11-7-4-8-17-14(11)12-9-13(19-18-12)15(20)21-10-5-2-1-3-6-10/h1-9H,(H,18,19). The Morgan fingerprint density at radius 2 is 1.95 bits per heavy atom. The van der Waals surface area contributed by atoms with Crippen LogP contribution in [0.25, 0.3) is 11.4 Å². The van der Waals surface area contributed by atoms with E-state index < -0.39 is 5.97 Å². The Morgan fingerprint density at radius 3 is 2.71 bits per heavy atom. The maximum absolute atomic E-state index is 12.0. The highest BCUT2D eigenvalue weighted by molar-refractivity contribution is 6.32. The van der Waals surface area contributed by atoms with Crippen molar-refractivity contribution in [2.75, 3.05) is 0 Å². The van der Waals surface area contributed by atoms with Crippen LogP contribution in [0.3, 0.4) is 0 Å². The Hall–Kier alpha value is -2.66. The van der Waals surface area contributed by atoms with E-state index in [1.54, 1.807) is 48.7 Å². The molecule has 0 atom stereocenters. The smallest absolute Gasteiger partial charge is 0.361 e. The second-order valence-electron chi connectivity index (χ2n) is 4.20. The average Bonchev–Trinajstić information content (AvgIpc) is 2.98. The molecule has 2 heterocycles. The molecule has 0 aliphatic rings. The fraction of sp³-hybridized carbons (Fsp3) is 0. The minimum atomic E-state index is -0.521. The number of nitrogens with one attached hydrogen (secondary N) is 1. The first kappa shape index (κ1) is 13.3. The molecule has 6 heteroatoms. The Balaban J connectivity index is 1.82. The van der Waals surface area contributed by atoms with E-state index in [1.807, 2.05) is 6.07 Å². The van der Waals surface area contributed by atoms with Gasteiger partial charge in [0.15, 0.2) is 0 Å². The van der Waals surface area contributed by atoms with E-state index in [9.17, 15) is 4.79 Å². The van der Waals surface area contributed by atoms with Gasteiger partial charge < -0.3 is 4.74 Å². The van der Waals surface area contributed by atoms with Crippen molar-refractivity contribution in [1.82, 2.24) is 15.2 Å². The molecule has 0 saturated carbocycles. The van der Waals surface area contributed by atoms with Crippen molar-refractivity contribution in [2.45, 2.75) is 0 Å². The molecule has 3 rings (SSSR count). The molecular formula is C15H10ClN3O2. The molecule has 0 fully saturated rings. The second kappa shape index (κ2) is 5.76. The van der Waals surface area contributed by atoms with E-state index in [0.29, 0.717) is 22.2 Å². The number of para-hydroxylation sites is 1. The summed E-state index contributed by atoms with van der Waals surface area (Å²) in [6.45, 7) is 0. The molecule has 1 aromatic carbocycles. The number of aromatic nitrogens is 3. The van der Waals surface area contributed by atoms with Crippen molar-refractivity contribution < 1.29 is 9.53 Å². The van der Waals surface area contributed by atoms with E-state index in [-0.39, 0.29) is 5.69 Å². The van der Waals surface area contributed by atoms with Gasteiger partial charge in [-0.25, -0.2) is 4.79 Å². The van der Waals surface area contributed by atoms with Crippen LogP contribution in [0.5, 0.6) is 5.75 Å². The molecule has 104 valence electrons. The predicted octanol–water partition coefficient (Wildman–Crippen LogP) is 3.34. The monoisotopic (exact) mass is 299 g/mol. The van der Waals surface area contributed by atoms with Gasteiger partial charge in [-0.2, -0.15) is 5.10 Å². The number of benzene rings is 1. The molecule has 0 radical (unpaired) electrons. The number of halogens is 1. The lowest BCUT2D eigenvalue weighted by atomic mass is 10.2. The van der Waals surface area contributed by atoms with Crippen LogP contribution in [0.4, 0.5) is 0 Å². The number of rotatable bonds is 3. The van der Waals surface area contributed by atoms with Crippen LogP contribution in [0.2, 0.25) is 5.02 Å². The third-order valence-electron chi connectivity index (χ3n) is 2.75. The summed E-state index contributed by atoms with van der Waals surface area (Å²) in [7, 11) is 0. The number of H-pyrrole nitrogens is 1. The minimum Gasteiger partial charge on any atom is -0.422 e. The highest BCUT2D eigenvalue weighted by Crippen LogP contribution is 2.24. The van der Waals surface area contributed by atoms with Crippen LogP contribution in [0, 0.1) is 0 Å². The Kier molecular flexibility index (Phi) is 3.66. The Bertz CT molecular complexity index is 771. The first-order valence-electron chi connectivity index (χ1n) is 6.17. The van der Waals surface area contributed by atoms with Crippen LogP contribution >= 0.6 is 11.6 Å². The molecule has 1 N–H and O–H groups in total. The summed E-state index contributed by atoms with van der Waals surface area (Å²) in [6.07, 6.45) is 1.61. The van der Waals surface area contributed by atoms with E-state index in [4.69, 9.17) is 16.3 Å². The molecule has 0 spiro atoms. The molecule has 21 heavy (non-hydrogen) atoms. The molecule has 0 saturated heterocycles. The Labute approximate surface area is 125 Å². The summed E-state index contributed by atoms with van der Waals surface area (Å²) in [5.74, 6) is -0.0541. The highest BCUT2D eigenvalue weighted by atomic mass is 35.5. The third-order valence-corrected chi connectivity index (χ3v) is 3.06. The topological polar surface area (TPSA) is 67.9 Å². The van der Waals surface area contributed by atoms with Crippen LogP contribution < -0.4 is 4.74 Å². The summed E-state index contributed by atoms with van der Waals surface area (Å²) in [5.41, 5.74) is 1.23. The molecule has 0 amide bonds. The van der Waals surface area contributed by atoms with Crippen molar-refractivity contribution in [3.63, 3.8) is 0 Å². The summed E-state index contributed by atoms with van der Waals surface area (Å²) < 4.78 is 5.22. The molecule has 3 aromatic rings. The zero-order chi connectivity index (χ0) is 14.7. The zero-order valence-electron chi connectivity index (χ0n) is 10.8. The summed E-state index contributed by atoms with van der Waals surface area (Å²) in [5, 5.41) is 7.13. The van der Waals surface area contributed by atoms with Gasteiger partial charge in [0.1, 0.15) is 22.8 Å². The predicted molar refractivity (Wildman–Crippen MR) is 78.2 cm³/mol. The number of ether oxygens (including phenoxy) is 1. The van der Waals surface area contributed by atoms with Gasteiger partial charge >= 0.3 is 5.97 Å². The number of carbonyl (C=O) groups excluding carboxylic acids is 1. The number of pyridine rings is 1. The van der Waals surface area contributed by atoms with Gasteiger partial charge in [0, 0.05) is 12.3 Å². The molecule has 0 aliphatic carbocycles. The van der Waals surface area contributed by atoms with Gasteiger partial charge in [0.25, 0.3) is 0 Å². The third kappa shape index (κ3) is 2.93. The molecule has 5 nitrogen and oxygen atoms in total. The first-order chi connectivity index (χ1) is 10.2. The van der Waals surface area contributed by atoms with Gasteiger partial charge in [-0.3, -0.25) is 10.1 Å². The zero-order valence-corrected chi connectivity index (χ0v) is 11.5. The van der Waals surface area contributed by atoms with Gasteiger partial charge in [0.05, 0.1) is 5.02 Å². The van der Waals surface area contributed by atoms with Crippen molar-refractivity contribution in [3.8, 4) is 17.1 Å². The Morgan fingerprint density at radius 1 is 1.14 bits per heavy atom. The highest BCUT2D eigenvalue weighted by Gasteiger charge is 2.15. The van der Waals surface area contributed by atoms with E-state index in [0.717, 1.165) is 0 Å². The van der Waals surface area contributed by atoms with Crippen LogP contribution in [-0.4, -0.2) is 21.2 Å². The van der Waals surface area contributed by atoms with E-state index in [1.165, 1.54) is 0 Å². The van der Waals surface area contributed by atoms with Gasteiger partial charge in [-0.15, -0.1) is 0 Å². The van der Waals surface area contributed by atoms with Gasteiger partial charge in [-0.1, -0.05) is 29.8 Å². The fourth-order valence-corrected chi connectivity index (χ4v) is 1.99. The fourth-order valence-electron chi connectivity index (χ4n) is 1.77. The first-order valence-corrected chi connectivity index (χ1v) is 6.55. The minimum absolute atomic E-state index is 0.232. The van der Waals surface area contributed by atoms with Crippen LogP contribution in [0.1, 0.15) is 10.5 Å². The molecule has 0 bridgehead atoms. The normalized spacial score (nSPS) is 10.3. The number of hydrogen-bond donors (Lipinski definition) is 1. The molecular weight excluding hydrogens is 290 g/mol. The van der Waals surface area contributed by atoms with E-state index in [2.05, 4.69) is 15.2 Å². The van der Waals surface area contributed by atoms with Crippen molar-refractivity contribution in [2.24, 2.45) is 0 Å². The molecule has 2 aromatic heterocycles. The van der Waals surface area contributed by atoms with Crippen LogP contribution in [0.15, 0.2) is 54.7 Å². The quantitative estimate of drug-likeness (QED) is 0.595. The SMILES string of the molecule is O=C(Oc1ccccc1)c1cc(-c2ncccc2Cl)n[nH]1. The average molecular weight is 300 g/mol. The van der Waals surface area contributed by atoms with Gasteiger partial charge in [-0.05, 0) is 24.3 Å². The lowest BCUT2D eigenvalue weighted by molar-refractivity contribution is 0.0728. The molecule has 0 aliphatic heterocycles. The lowest BCUT2D eigenvalue weighted by Crippen LogP contribution is -2.08. The van der Waals surface area contributed by atoms with E-state index >= 15 is 0 Å². The van der Waals surface area contributed by atoms with Gasteiger partial charge in [0.2, 0.25) is 0 Å². The maximum atomic E-state index is 12.0. The number of esters is 1. The number of hydrogen-bond acceptors (Lipinski definition) is 4. The van der Waals surface area contributed by atoms with Crippen molar-refractivity contribution in [3.05, 3.63) is 65.4 Å².